The van der Waals surface area contributed by atoms with Crippen molar-refractivity contribution in [3.8, 4) is 0 Å². The number of likely N-dealkylation sites (N-methyl/N-ethyl adjacent to an activating group) is 1. The standard InChI is InChI=1S/C14H20F2N2/c1-18(11-4-2-3-5-11)14(9-17)12-8-10(15)6-7-13(12)16/h6-8,11,14H,2-5,9,17H2,1H3. The van der Waals surface area contributed by atoms with Crippen molar-refractivity contribution in [3.05, 3.63) is 35.4 Å². The van der Waals surface area contributed by atoms with Gasteiger partial charge in [0, 0.05) is 24.2 Å². The summed E-state index contributed by atoms with van der Waals surface area (Å²) in [6.45, 7) is 0.299. The molecule has 2 N–H and O–H groups in total. The first-order valence-electron chi connectivity index (χ1n) is 6.50. The largest absolute Gasteiger partial charge is 0.329 e. The van der Waals surface area contributed by atoms with E-state index in [1.165, 1.54) is 25.0 Å². The zero-order chi connectivity index (χ0) is 13.1. The Labute approximate surface area is 107 Å². The molecule has 2 rings (SSSR count). The Balaban J connectivity index is 2.23. The Morgan fingerprint density at radius 2 is 2.00 bits per heavy atom. The Kier molecular flexibility index (Phi) is 4.30. The maximum Gasteiger partial charge on any atom is 0.128 e. The van der Waals surface area contributed by atoms with Crippen molar-refractivity contribution in [2.75, 3.05) is 13.6 Å². The van der Waals surface area contributed by atoms with Crippen LogP contribution in [0.4, 0.5) is 8.78 Å². The number of hydrogen-bond acceptors (Lipinski definition) is 2. The molecular formula is C14H20F2N2. The Hall–Kier alpha value is -1.00. The Morgan fingerprint density at radius 3 is 2.61 bits per heavy atom. The van der Waals surface area contributed by atoms with Gasteiger partial charge in [-0.15, -0.1) is 0 Å². The SMILES string of the molecule is CN(C1CCCC1)C(CN)c1cc(F)ccc1F. The minimum atomic E-state index is -0.412. The summed E-state index contributed by atoms with van der Waals surface area (Å²) >= 11 is 0. The van der Waals surface area contributed by atoms with Gasteiger partial charge >= 0.3 is 0 Å². The number of hydrogen-bond donors (Lipinski definition) is 1. The predicted molar refractivity (Wildman–Crippen MR) is 68.2 cm³/mol. The van der Waals surface area contributed by atoms with E-state index in [1.54, 1.807) is 0 Å². The Bertz CT molecular complexity index is 403. The van der Waals surface area contributed by atoms with Gasteiger partial charge in [-0.3, -0.25) is 4.90 Å². The summed E-state index contributed by atoms with van der Waals surface area (Å²) in [6, 6.07) is 3.76. The van der Waals surface area contributed by atoms with Crippen LogP contribution in [0.2, 0.25) is 0 Å². The van der Waals surface area contributed by atoms with Crippen LogP contribution in [-0.2, 0) is 0 Å². The van der Waals surface area contributed by atoms with E-state index in [2.05, 4.69) is 4.90 Å². The van der Waals surface area contributed by atoms with Gasteiger partial charge in [0.05, 0.1) is 0 Å². The van der Waals surface area contributed by atoms with E-state index in [1.807, 2.05) is 7.05 Å². The van der Waals surface area contributed by atoms with Crippen molar-refractivity contribution in [3.63, 3.8) is 0 Å². The maximum absolute atomic E-state index is 13.8. The zero-order valence-electron chi connectivity index (χ0n) is 10.7. The molecule has 0 spiro atoms. The lowest BCUT2D eigenvalue weighted by molar-refractivity contribution is 0.176. The third-order valence-electron chi connectivity index (χ3n) is 3.93. The van der Waals surface area contributed by atoms with Crippen LogP contribution in [-0.4, -0.2) is 24.5 Å². The molecule has 100 valence electrons. The highest BCUT2D eigenvalue weighted by Gasteiger charge is 2.27. The summed E-state index contributed by atoms with van der Waals surface area (Å²) in [6.07, 6.45) is 4.64. The molecular weight excluding hydrogens is 234 g/mol. The van der Waals surface area contributed by atoms with E-state index in [-0.39, 0.29) is 11.9 Å². The van der Waals surface area contributed by atoms with Crippen LogP contribution in [0.15, 0.2) is 18.2 Å². The molecule has 0 amide bonds. The van der Waals surface area contributed by atoms with Crippen LogP contribution in [0.5, 0.6) is 0 Å². The van der Waals surface area contributed by atoms with Gasteiger partial charge in [-0.25, -0.2) is 8.78 Å². The van der Waals surface area contributed by atoms with Crippen LogP contribution in [0, 0.1) is 11.6 Å². The van der Waals surface area contributed by atoms with Gasteiger partial charge in [-0.05, 0) is 38.1 Å². The van der Waals surface area contributed by atoms with Crippen LogP contribution in [0.1, 0.15) is 37.3 Å². The molecule has 1 aromatic rings. The van der Waals surface area contributed by atoms with Crippen LogP contribution in [0.3, 0.4) is 0 Å². The molecule has 1 atom stereocenters. The molecule has 1 unspecified atom stereocenters. The van der Waals surface area contributed by atoms with Crippen LogP contribution >= 0.6 is 0 Å². The van der Waals surface area contributed by atoms with Crippen molar-refractivity contribution in [2.24, 2.45) is 5.73 Å². The number of benzene rings is 1. The summed E-state index contributed by atoms with van der Waals surface area (Å²) in [7, 11) is 1.96. The number of nitrogens with two attached hydrogens (primary N) is 1. The lowest BCUT2D eigenvalue weighted by atomic mass is 10.0. The minimum Gasteiger partial charge on any atom is -0.329 e. The highest BCUT2D eigenvalue weighted by molar-refractivity contribution is 5.23. The van der Waals surface area contributed by atoms with Gasteiger partial charge in [0.15, 0.2) is 0 Å². The maximum atomic E-state index is 13.8. The third-order valence-corrected chi connectivity index (χ3v) is 3.93. The van der Waals surface area contributed by atoms with Gasteiger partial charge in [0.2, 0.25) is 0 Å². The van der Waals surface area contributed by atoms with E-state index in [9.17, 15) is 8.78 Å². The average Bonchev–Trinajstić information content (AvgIpc) is 2.88. The molecule has 1 aliphatic carbocycles. The summed E-state index contributed by atoms with van der Waals surface area (Å²) in [4.78, 5) is 2.10. The van der Waals surface area contributed by atoms with E-state index in [4.69, 9.17) is 5.73 Å². The average molecular weight is 254 g/mol. The second kappa shape index (κ2) is 5.76. The molecule has 2 nitrogen and oxygen atoms in total. The first kappa shape index (κ1) is 13.4. The molecule has 1 fully saturated rings. The van der Waals surface area contributed by atoms with Crippen molar-refractivity contribution >= 4 is 0 Å². The molecule has 0 radical (unpaired) electrons. The lowest BCUT2D eigenvalue weighted by Crippen LogP contribution is -2.37. The molecule has 0 saturated heterocycles. The van der Waals surface area contributed by atoms with Crippen LogP contribution in [0.25, 0.3) is 0 Å². The van der Waals surface area contributed by atoms with Crippen molar-refractivity contribution in [1.82, 2.24) is 4.90 Å². The van der Waals surface area contributed by atoms with E-state index in [0.717, 1.165) is 18.9 Å². The zero-order valence-corrected chi connectivity index (χ0v) is 10.7. The molecule has 4 heteroatoms. The van der Waals surface area contributed by atoms with Crippen molar-refractivity contribution < 1.29 is 8.78 Å². The summed E-state index contributed by atoms with van der Waals surface area (Å²) in [5, 5.41) is 0. The summed E-state index contributed by atoms with van der Waals surface area (Å²) < 4.78 is 27.1. The monoisotopic (exact) mass is 254 g/mol. The van der Waals surface area contributed by atoms with Gasteiger partial charge in [-0.2, -0.15) is 0 Å². The van der Waals surface area contributed by atoms with Crippen molar-refractivity contribution in [2.45, 2.75) is 37.8 Å². The third kappa shape index (κ3) is 2.70. The quantitative estimate of drug-likeness (QED) is 0.895. The molecule has 0 aromatic heterocycles. The second-order valence-corrected chi connectivity index (χ2v) is 5.02. The molecule has 0 aliphatic heterocycles. The fraction of sp³-hybridized carbons (Fsp3) is 0.571. The first-order valence-corrected chi connectivity index (χ1v) is 6.50. The highest BCUT2D eigenvalue weighted by Crippen LogP contribution is 2.30. The highest BCUT2D eigenvalue weighted by atomic mass is 19.1. The lowest BCUT2D eigenvalue weighted by Gasteiger charge is -2.32. The van der Waals surface area contributed by atoms with Gasteiger partial charge in [-0.1, -0.05) is 12.8 Å². The predicted octanol–water partition coefficient (Wildman–Crippen LogP) is 2.84. The molecule has 1 aliphatic rings. The fourth-order valence-corrected chi connectivity index (χ4v) is 2.85. The van der Waals surface area contributed by atoms with Crippen LogP contribution < -0.4 is 5.73 Å². The van der Waals surface area contributed by atoms with E-state index < -0.39 is 5.82 Å². The molecule has 0 bridgehead atoms. The van der Waals surface area contributed by atoms with Crippen molar-refractivity contribution in [1.29, 1.82) is 0 Å². The smallest absolute Gasteiger partial charge is 0.128 e. The minimum absolute atomic E-state index is 0.246. The molecule has 1 aromatic carbocycles. The van der Waals surface area contributed by atoms with Gasteiger partial charge in [0.1, 0.15) is 11.6 Å². The summed E-state index contributed by atoms with van der Waals surface area (Å²) in [5.74, 6) is -0.790. The summed E-state index contributed by atoms with van der Waals surface area (Å²) in [5.41, 5.74) is 6.13. The molecule has 18 heavy (non-hydrogen) atoms. The van der Waals surface area contributed by atoms with E-state index in [0.29, 0.717) is 18.2 Å². The topological polar surface area (TPSA) is 29.3 Å². The Morgan fingerprint density at radius 1 is 1.33 bits per heavy atom. The van der Waals surface area contributed by atoms with Gasteiger partial charge in [0.25, 0.3) is 0 Å². The fourth-order valence-electron chi connectivity index (χ4n) is 2.85. The van der Waals surface area contributed by atoms with E-state index >= 15 is 0 Å². The van der Waals surface area contributed by atoms with Gasteiger partial charge < -0.3 is 5.73 Å². The number of rotatable bonds is 4. The second-order valence-electron chi connectivity index (χ2n) is 5.02. The molecule has 0 heterocycles. The normalized spacial score (nSPS) is 18.5. The number of nitrogens with zero attached hydrogens (tertiary/aromatic N) is 1. The first-order chi connectivity index (χ1) is 8.63. The molecule has 1 saturated carbocycles. The number of halogens is 2.